The van der Waals surface area contributed by atoms with E-state index in [4.69, 9.17) is 21.4 Å². The Hall–Kier alpha value is -2.01. The number of H-pyrrole nitrogens is 1. The van der Waals surface area contributed by atoms with Crippen LogP contribution in [0.2, 0.25) is 5.02 Å². The maximum Gasteiger partial charge on any atom is 0.353 e. The number of carboxylic acids is 1. The van der Waals surface area contributed by atoms with Gasteiger partial charge in [0, 0.05) is 5.56 Å². The molecule has 0 radical (unpaired) electrons. The van der Waals surface area contributed by atoms with Crippen LogP contribution < -0.4 is 4.74 Å². The van der Waals surface area contributed by atoms with Gasteiger partial charge in [0.25, 0.3) is 0 Å². The number of rotatable bonds is 4. The molecule has 6 heteroatoms. The van der Waals surface area contributed by atoms with Gasteiger partial charge < -0.3 is 9.84 Å². The predicted molar refractivity (Wildman–Crippen MR) is 76.6 cm³/mol. The molecule has 5 nitrogen and oxygen atoms in total. The van der Waals surface area contributed by atoms with Crippen molar-refractivity contribution in [3.8, 4) is 17.0 Å². The average Bonchev–Trinajstić information content (AvgIpc) is 2.87. The van der Waals surface area contributed by atoms with Crippen molar-refractivity contribution in [1.82, 2.24) is 10.2 Å². The fourth-order valence-corrected chi connectivity index (χ4v) is 2.22. The van der Waals surface area contributed by atoms with Gasteiger partial charge in [0.05, 0.1) is 17.8 Å². The lowest BCUT2D eigenvalue weighted by molar-refractivity contribution is 0.0690. The van der Waals surface area contributed by atoms with E-state index in [1.54, 1.807) is 0 Å². The molecular weight excluding hydrogens is 280 g/mol. The Morgan fingerprint density at radius 2 is 2.10 bits per heavy atom. The third-order valence-corrected chi connectivity index (χ3v) is 3.30. The zero-order valence-electron chi connectivity index (χ0n) is 11.4. The van der Waals surface area contributed by atoms with Crippen LogP contribution in [0, 0.1) is 0 Å². The number of nitrogens with one attached hydrogen (secondary N) is 1. The fraction of sp³-hybridized carbons (Fsp3) is 0.286. The first-order valence-corrected chi connectivity index (χ1v) is 6.48. The molecule has 20 heavy (non-hydrogen) atoms. The van der Waals surface area contributed by atoms with Crippen LogP contribution >= 0.6 is 11.6 Å². The Labute approximate surface area is 121 Å². The molecule has 0 spiro atoms. The molecule has 2 aromatic rings. The second kappa shape index (κ2) is 5.54. The van der Waals surface area contributed by atoms with Crippen molar-refractivity contribution in [2.75, 3.05) is 7.11 Å². The molecule has 0 saturated carbocycles. The molecule has 2 N–H and O–H groups in total. The van der Waals surface area contributed by atoms with Gasteiger partial charge in [-0.2, -0.15) is 5.10 Å². The Morgan fingerprint density at radius 3 is 2.60 bits per heavy atom. The van der Waals surface area contributed by atoms with Gasteiger partial charge in [-0.3, -0.25) is 5.10 Å². The first kappa shape index (κ1) is 14.4. The van der Waals surface area contributed by atoms with Crippen LogP contribution in [-0.2, 0) is 0 Å². The van der Waals surface area contributed by atoms with E-state index in [9.17, 15) is 4.79 Å². The van der Waals surface area contributed by atoms with Crippen LogP contribution in [0.3, 0.4) is 0 Å². The van der Waals surface area contributed by atoms with E-state index >= 15 is 0 Å². The van der Waals surface area contributed by atoms with Crippen molar-refractivity contribution >= 4 is 17.6 Å². The van der Waals surface area contributed by atoms with Crippen molar-refractivity contribution in [2.45, 2.75) is 19.8 Å². The largest absolute Gasteiger partial charge is 0.494 e. The zero-order chi connectivity index (χ0) is 14.9. The molecule has 2 rings (SSSR count). The molecule has 0 aliphatic heterocycles. The van der Waals surface area contributed by atoms with Crippen LogP contribution in [0.5, 0.6) is 5.75 Å². The van der Waals surface area contributed by atoms with Crippen molar-refractivity contribution < 1.29 is 14.6 Å². The lowest BCUT2D eigenvalue weighted by Gasteiger charge is -2.13. The standard InChI is InChI=1S/C14H15ClN2O3/c1-7(2)8-4-9(13(20-3)10(15)5-8)11-6-12(14(18)19)17-16-11/h4-7H,1-3H3,(H,16,17)(H,18,19). The lowest BCUT2D eigenvalue weighted by Crippen LogP contribution is -1.95. The quantitative estimate of drug-likeness (QED) is 0.904. The minimum atomic E-state index is -1.06. The smallest absolute Gasteiger partial charge is 0.353 e. The van der Waals surface area contributed by atoms with Crippen molar-refractivity contribution in [3.63, 3.8) is 0 Å². The number of carbonyl (C=O) groups is 1. The van der Waals surface area contributed by atoms with Gasteiger partial charge in [-0.05, 0) is 29.7 Å². The Balaban J connectivity index is 2.60. The SMILES string of the molecule is COc1c(Cl)cc(C(C)C)cc1-c1cc(C(=O)O)[nH]n1. The minimum absolute atomic E-state index is 0.0214. The molecule has 1 aromatic carbocycles. The normalized spacial score (nSPS) is 10.8. The highest BCUT2D eigenvalue weighted by molar-refractivity contribution is 6.32. The third-order valence-electron chi connectivity index (χ3n) is 3.02. The Kier molecular flexibility index (Phi) is 3.99. The maximum atomic E-state index is 10.9. The minimum Gasteiger partial charge on any atom is -0.494 e. The van der Waals surface area contributed by atoms with E-state index in [1.165, 1.54) is 13.2 Å². The van der Waals surface area contributed by atoms with Gasteiger partial charge in [-0.25, -0.2) is 4.79 Å². The van der Waals surface area contributed by atoms with E-state index in [0.29, 0.717) is 22.0 Å². The summed E-state index contributed by atoms with van der Waals surface area (Å²) >= 11 is 6.22. The van der Waals surface area contributed by atoms with Crippen LogP contribution in [0.25, 0.3) is 11.3 Å². The second-order valence-electron chi connectivity index (χ2n) is 4.71. The lowest BCUT2D eigenvalue weighted by atomic mass is 9.98. The van der Waals surface area contributed by atoms with Crippen LogP contribution in [0.1, 0.15) is 35.8 Å². The summed E-state index contributed by atoms with van der Waals surface area (Å²) in [5.74, 6) is -0.289. The summed E-state index contributed by atoms with van der Waals surface area (Å²) in [7, 11) is 1.52. The Morgan fingerprint density at radius 1 is 1.40 bits per heavy atom. The van der Waals surface area contributed by atoms with Crippen molar-refractivity contribution in [1.29, 1.82) is 0 Å². The molecule has 106 valence electrons. The fourth-order valence-electron chi connectivity index (χ4n) is 1.91. The average molecular weight is 295 g/mol. The zero-order valence-corrected chi connectivity index (χ0v) is 12.2. The summed E-state index contributed by atoms with van der Waals surface area (Å²) in [5, 5.41) is 15.9. The van der Waals surface area contributed by atoms with Gasteiger partial charge in [-0.1, -0.05) is 25.4 Å². The molecule has 0 atom stereocenters. The van der Waals surface area contributed by atoms with E-state index in [1.807, 2.05) is 12.1 Å². The second-order valence-corrected chi connectivity index (χ2v) is 5.12. The number of methoxy groups -OCH3 is 1. The number of carboxylic acid groups (broad SMARTS) is 1. The molecule has 0 unspecified atom stereocenters. The molecule has 0 amide bonds. The molecule has 0 saturated heterocycles. The first-order chi connectivity index (χ1) is 9.43. The highest BCUT2D eigenvalue weighted by atomic mass is 35.5. The number of nitrogens with zero attached hydrogens (tertiary/aromatic N) is 1. The summed E-state index contributed by atoms with van der Waals surface area (Å²) in [6.45, 7) is 4.10. The number of ether oxygens (including phenoxy) is 1. The van der Waals surface area contributed by atoms with E-state index in [2.05, 4.69) is 24.0 Å². The molecule has 0 bridgehead atoms. The molecular formula is C14H15ClN2O3. The van der Waals surface area contributed by atoms with Gasteiger partial charge in [0.2, 0.25) is 0 Å². The molecule has 0 fully saturated rings. The van der Waals surface area contributed by atoms with Gasteiger partial charge >= 0.3 is 5.97 Å². The van der Waals surface area contributed by atoms with Gasteiger partial charge in [-0.15, -0.1) is 0 Å². The monoisotopic (exact) mass is 294 g/mol. The van der Waals surface area contributed by atoms with E-state index in [-0.39, 0.29) is 11.6 Å². The van der Waals surface area contributed by atoms with Crippen LogP contribution in [-0.4, -0.2) is 28.4 Å². The summed E-state index contributed by atoms with van der Waals surface area (Å²) in [6.07, 6.45) is 0. The van der Waals surface area contributed by atoms with Gasteiger partial charge in [0.15, 0.2) is 0 Å². The number of aromatic nitrogens is 2. The summed E-state index contributed by atoms with van der Waals surface area (Å²) in [4.78, 5) is 10.9. The van der Waals surface area contributed by atoms with Crippen molar-refractivity contribution in [3.05, 3.63) is 34.5 Å². The van der Waals surface area contributed by atoms with Crippen LogP contribution in [0.4, 0.5) is 0 Å². The van der Waals surface area contributed by atoms with Crippen molar-refractivity contribution in [2.24, 2.45) is 0 Å². The molecule has 0 aliphatic rings. The molecule has 1 aromatic heterocycles. The Bertz CT molecular complexity index is 650. The summed E-state index contributed by atoms with van der Waals surface area (Å²) < 4.78 is 5.30. The number of aromatic amines is 1. The third kappa shape index (κ3) is 2.63. The highest BCUT2D eigenvalue weighted by Crippen LogP contribution is 2.38. The van der Waals surface area contributed by atoms with E-state index in [0.717, 1.165) is 5.56 Å². The number of hydrogen-bond donors (Lipinski definition) is 2. The number of halogens is 1. The molecule has 1 heterocycles. The first-order valence-electron chi connectivity index (χ1n) is 6.10. The summed E-state index contributed by atoms with van der Waals surface area (Å²) in [5.41, 5.74) is 2.22. The molecule has 0 aliphatic carbocycles. The highest BCUT2D eigenvalue weighted by Gasteiger charge is 2.17. The number of hydrogen-bond acceptors (Lipinski definition) is 3. The number of benzene rings is 1. The summed E-state index contributed by atoms with van der Waals surface area (Å²) in [6, 6.07) is 5.22. The topological polar surface area (TPSA) is 75.2 Å². The predicted octanol–water partition coefficient (Wildman–Crippen LogP) is 3.56. The maximum absolute atomic E-state index is 10.9. The van der Waals surface area contributed by atoms with Crippen LogP contribution in [0.15, 0.2) is 18.2 Å². The van der Waals surface area contributed by atoms with E-state index < -0.39 is 5.97 Å². The van der Waals surface area contributed by atoms with Gasteiger partial charge in [0.1, 0.15) is 11.4 Å². The number of aromatic carboxylic acids is 1.